The van der Waals surface area contributed by atoms with Gasteiger partial charge in [0.1, 0.15) is 10.8 Å². The lowest BCUT2D eigenvalue weighted by molar-refractivity contribution is 0.0246. The second kappa shape index (κ2) is 5.43. The smallest absolute Gasteiger partial charge is 0.256 e. The van der Waals surface area contributed by atoms with Gasteiger partial charge in [-0.15, -0.1) is 0 Å². The quantitative estimate of drug-likeness (QED) is 0.807. The van der Waals surface area contributed by atoms with E-state index in [1.54, 1.807) is 0 Å². The molecule has 6 heteroatoms. The van der Waals surface area contributed by atoms with Crippen molar-refractivity contribution in [2.75, 3.05) is 13.1 Å². The molecule has 1 aliphatic heterocycles. The van der Waals surface area contributed by atoms with E-state index in [1.165, 1.54) is 4.90 Å². The summed E-state index contributed by atoms with van der Waals surface area (Å²) in [5.41, 5.74) is -0.270. The molecule has 1 saturated heterocycles. The maximum atomic E-state index is 13.8. The van der Waals surface area contributed by atoms with Gasteiger partial charge >= 0.3 is 0 Å². The van der Waals surface area contributed by atoms with Gasteiger partial charge in [-0.25, -0.2) is 8.78 Å². The molecule has 1 heterocycles. The van der Waals surface area contributed by atoms with E-state index in [0.29, 0.717) is 13.0 Å². The summed E-state index contributed by atoms with van der Waals surface area (Å²) < 4.78 is 26.8. The number of β-amino-alcohol motifs (C(OH)–C–C–N with tert-alkyl or cyclic N) is 1. The first-order valence-electron chi connectivity index (χ1n) is 6.02. The number of likely N-dealkylation sites (tertiary alicyclic amines) is 1. The van der Waals surface area contributed by atoms with Gasteiger partial charge in [0.25, 0.3) is 5.91 Å². The third-order valence-electron chi connectivity index (χ3n) is 3.47. The number of carbonyl (C=O) groups is 1. The van der Waals surface area contributed by atoms with E-state index < -0.39 is 28.7 Å². The largest absolute Gasteiger partial charge is 0.391 e. The first kappa shape index (κ1) is 14.2. The highest BCUT2D eigenvalue weighted by Crippen LogP contribution is 2.25. The van der Waals surface area contributed by atoms with Crippen molar-refractivity contribution in [1.82, 2.24) is 4.90 Å². The summed E-state index contributed by atoms with van der Waals surface area (Å²) in [6.45, 7) is 2.47. The molecule has 19 heavy (non-hydrogen) atoms. The van der Waals surface area contributed by atoms with Gasteiger partial charge in [0, 0.05) is 13.1 Å². The fraction of sp³-hybridized carbons (Fsp3) is 0.462. The Morgan fingerprint density at radius 3 is 2.79 bits per heavy atom. The van der Waals surface area contributed by atoms with E-state index in [0.717, 1.165) is 12.1 Å². The standard InChI is InChI=1S/C13H14ClF2NO2/c1-7-4-5-17(6-10(7)18)13(19)8-2-3-9(15)11(14)12(8)16/h2-3,7,10,18H,4-6H2,1H3. The second-order valence-electron chi connectivity index (χ2n) is 4.81. The number of aliphatic hydroxyl groups excluding tert-OH is 1. The molecule has 3 nitrogen and oxygen atoms in total. The molecule has 1 aromatic rings. The topological polar surface area (TPSA) is 40.5 Å². The zero-order chi connectivity index (χ0) is 14.2. The van der Waals surface area contributed by atoms with Crippen molar-refractivity contribution in [2.45, 2.75) is 19.4 Å². The van der Waals surface area contributed by atoms with E-state index in [2.05, 4.69) is 0 Å². The zero-order valence-corrected chi connectivity index (χ0v) is 11.1. The molecule has 0 aliphatic carbocycles. The normalized spacial score (nSPS) is 23.5. The fourth-order valence-corrected chi connectivity index (χ4v) is 2.26. The maximum absolute atomic E-state index is 13.8. The Hall–Kier alpha value is -1.20. The number of nitrogens with zero attached hydrogens (tertiary/aromatic N) is 1. The Kier molecular flexibility index (Phi) is 4.06. The summed E-state index contributed by atoms with van der Waals surface area (Å²) in [6, 6.07) is 2.03. The lowest BCUT2D eigenvalue weighted by atomic mass is 9.95. The molecule has 1 aliphatic rings. The summed E-state index contributed by atoms with van der Waals surface area (Å²) in [5.74, 6) is -2.43. The van der Waals surface area contributed by atoms with Crippen LogP contribution in [0.5, 0.6) is 0 Å². The van der Waals surface area contributed by atoms with Gasteiger partial charge in [0.05, 0.1) is 11.7 Å². The number of rotatable bonds is 1. The molecule has 1 aromatic carbocycles. The number of amides is 1. The summed E-state index contributed by atoms with van der Waals surface area (Å²) in [4.78, 5) is 13.5. The van der Waals surface area contributed by atoms with Crippen LogP contribution in [-0.4, -0.2) is 35.1 Å². The lowest BCUT2D eigenvalue weighted by Gasteiger charge is -2.34. The lowest BCUT2D eigenvalue weighted by Crippen LogP contribution is -2.46. The highest BCUT2D eigenvalue weighted by atomic mass is 35.5. The molecule has 0 bridgehead atoms. The van der Waals surface area contributed by atoms with Crippen LogP contribution in [0.15, 0.2) is 12.1 Å². The van der Waals surface area contributed by atoms with Crippen molar-refractivity contribution in [1.29, 1.82) is 0 Å². The maximum Gasteiger partial charge on any atom is 0.256 e. The van der Waals surface area contributed by atoms with Gasteiger partial charge in [-0.3, -0.25) is 4.79 Å². The minimum Gasteiger partial charge on any atom is -0.391 e. The van der Waals surface area contributed by atoms with Crippen molar-refractivity contribution >= 4 is 17.5 Å². The second-order valence-corrected chi connectivity index (χ2v) is 5.19. The number of hydrogen-bond donors (Lipinski definition) is 1. The minimum atomic E-state index is -1.06. The van der Waals surface area contributed by atoms with Crippen LogP contribution in [0.4, 0.5) is 8.78 Å². The number of hydrogen-bond acceptors (Lipinski definition) is 2. The van der Waals surface area contributed by atoms with Gasteiger partial charge in [-0.1, -0.05) is 18.5 Å². The highest BCUT2D eigenvalue weighted by molar-refractivity contribution is 6.31. The van der Waals surface area contributed by atoms with Crippen molar-refractivity contribution in [3.63, 3.8) is 0 Å². The molecule has 0 aromatic heterocycles. The van der Waals surface area contributed by atoms with Crippen LogP contribution >= 0.6 is 11.6 Å². The first-order valence-corrected chi connectivity index (χ1v) is 6.40. The van der Waals surface area contributed by atoms with Crippen LogP contribution in [0, 0.1) is 17.6 Å². The monoisotopic (exact) mass is 289 g/mol. The number of benzene rings is 1. The van der Waals surface area contributed by atoms with Crippen LogP contribution in [0.25, 0.3) is 0 Å². The molecule has 0 saturated carbocycles. The summed E-state index contributed by atoms with van der Waals surface area (Å²) in [5, 5.41) is 9.05. The number of aliphatic hydroxyl groups is 1. The van der Waals surface area contributed by atoms with E-state index in [1.807, 2.05) is 6.92 Å². The first-order chi connectivity index (χ1) is 8.91. The molecule has 2 unspecified atom stereocenters. The van der Waals surface area contributed by atoms with E-state index in [-0.39, 0.29) is 18.0 Å². The molecule has 0 spiro atoms. The molecule has 1 N–H and O–H groups in total. The summed E-state index contributed by atoms with van der Waals surface area (Å²) in [7, 11) is 0. The molecule has 0 radical (unpaired) electrons. The predicted molar refractivity (Wildman–Crippen MR) is 67.1 cm³/mol. The third-order valence-corrected chi connectivity index (χ3v) is 3.82. The Labute approximate surface area is 114 Å². The Morgan fingerprint density at radius 2 is 2.16 bits per heavy atom. The van der Waals surface area contributed by atoms with Crippen molar-refractivity contribution < 1.29 is 18.7 Å². The van der Waals surface area contributed by atoms with Crippen molar-refractivity contribution in [3.05, 3.63) is 34.4 Å². The molecule has 2 rings (SSSR count). The number of piperidine rings is 1. The van der Waals surface area contributed by atoms with Crippen LogP contribution < -0.4 is 0 Å². The number of halogens is 3. The van der Waals surface area contributed by atoms with Crippen molar-refractivity contribution in [2.24, 2.45) is 5.92 Å². The predicted octanol–water partition coefficient (Wildman–Crippen LogP) is 2.46. The summed E-state index contributed by atoms with van der Waals surface area (Å²) in [6.07, 6.45) is 0.0142. The van der Waals surface area contributed by atoms with Crippen LogP contribution in [0.2, 0.25) is 5.02 Å². The highest BCUT2D eigenvalue weighted by Gasteiger charge is 2.29. The molecule has 1 amide bonds. The summed E-state index contributed by atoms with van der Waals surface area (Å²) >= 11 is 5.45. The minimum absolute atomic E-state index is 0.103. The van der Waals surface area contributed by atoms with Gasteiger partial charge in [0.2, 0.25) is 0 Å². The van der Waals surface area contributed by atoms with Crippen LogP contribution in [0.1, 0.15) is 23.7 Å². The van der Waals surface area contributed by atoms with Gasteiger partial charge in [-0.2, -0.15) is 0 Å². The molecule has 1 fully saturated rings. The third kappa shape index (κ3) is 2.72. The Morgan fingerprint density at radius 1 is 1.47 bits per heavy atom. The number of carbonyl (C=O) groups excluding carboxylic acids is 1. The average Bonchev–Trinajstić information content (AvgIpc) is 2.39. The van der Waals surface area contributed by atoms with Gasteiger partial charge < -0.3 is 10.0 Å². The molecular formula is C13H14ClF2NO2. The fourth-order valence-electron chi connectivity index (χ4n) is 2.09. The van der Waals surface area contributed by atoms with Gasteiger partial charge in [-0.05, 0) is 24.5 Å². The van der Waals surface area contributed by atoms with Crippen LogP contribution in [-0.2, 0) is 0 Å². The Bertz CT molecular complexity index is 510. The van der Waals surface area contributed by atoms with Crippen LogP contribution in [0.3, 0.4) is 0 Å². The molecular weight excluding hydrogens is 276 g/mol. The van der Waals surface area contributed by atoms with Crippen molar-refractivity contribution in [3.8, 4) is 0 Å². The average molecular weight is 290 g/mol. The zero-order valence-electron chi connectivity index (χ0n) is 10.4. The Balaban J connectivity index is 2.23. The molecule has 104 valence electrons. The van der Waals surface area contributed by atoms with Gasteiger partial charge in [0.15, 0.2) is 5.82 Å². The SMILES string of the molecule is CC1CCN(C(=O)c2ccc(F)c(Cl)c2F)CC1O. The molecule has 2 atom stereocenters. The van der Waals surface area contributed by atoms with E-state index in [9.17, 15) is 18.7 Å². The van der Waals surface area contributed by atoms with E-state index >= 15 is 0 Å². The van der Waals surface area contributed by atoms with E-state index in [4.69, 9.17) is 11.6 Å².